The molecule has 0 radical (unpaired) electrons. The molecule has 1 N–H and O–H groups in total. The van der Waals surface area contributed by atoms with Crippen molar-refractivity contribution in [1.82, 2.24) is 14.9 Å². The molecule has 0 aromatic heterocycles. The molecule has 8 heteroatoms. The van der Waals surface area contributed by atoms with Gasteiger partial charge in [-0.1, -0.05) is 20.8 Å². The molecule has 2 heterocycles. The zero-order valence-electron chi connectivity index (χ0n) is 18.2. The number of hydrogen-bond acceptors (Lipinski definition) is 6. The van der Waals surface area contributed by atoms with Gasteiger partial charge in [0.2, 0.25) is 5.91 Å². The van der Waals surface area contributed by atoms with Gasteiger partial charge in [0.1, 0.15) is 6.04 Å². The van der Waals surface area contributed by atoms with Gasteiger partial charge in [-0.15, -0.1) is 0 Å². The summed E-state index contributed by atoms with van der Waals surface area (Å²) in [5, 5.41) is 14.4. The number of allylic oxidation sites excluding steroid dienone is 1. The van der Waals surface area contributed by atoms with Gasteiger partial charge in [0.05, 0.1) is 22.8 Å². The van der Waals surface area contributed by atoms with Crippen LogP contribution >= 0.6 is 0 Å². The van der Waals surface area contributed by atoms with Gasteiger partial charge in [-0.25, -0.2) is 5.01 Å². The number of hydrazine groups is 1. The molecule has 4 aliphatic rings. The lowest BCUT2D eigenvalue weighted by Crippen LogP contribution is -2.52. The van der Waals surface area contributed by atoms with Crippen molar-refractivity contribution in [3.63, 3.8) is 0 Å². The first-order chi connectivity index (χ1) is 13.4. The number of likely N-dealkylation sites (N-methyl/N-ethyl adjacent to an activating group) is 1. The van der Waals surface area contributed by atoms with Crippen molar-refractivity contribution in [2.75, 3.05) is 26.9 Å². The van der Waals surface area contributed by atoms with E-state index >= 15 is 0 Å². The van der Waals surface area contributed by atoms with Crippen molar-refractivity contribution in [3.05, 3.63) is 11.1 Å². The molecule has 7 nitrogen and oxygen atoms in total. The highest BCUT2D eigenvalue weighted by molar-refractivity contribution is 7.89. The molecule has 0 spiro atoms. The predicted molar refractivity (Wildman–Crippen MR) is 110 cm³/mol. The third-order valence-corrected chi connectivity index (χ3v) is 10.4. The molecule has 29 heavy (non-hydrogen) atoms. The Morgan fingerprint density at radius 3 is 2.45 bits per heavy atom. The summed E-state index contributed by atoms with van der Waals surface area (Å²) in [5.74, 6) is -0.362. The number of imide groups is 1. The van der Waals surface area contributed by atoms with Crippen LogP contribution in [0, 0.1) is 28.6 Å². The summed E-state index contributed by atoms with van der Waals surface area (Å²) in [6, 6.07) is -0.583. The van der Waals surface area contributed by atoms with Crippen LogP contribution in [-0.2, 0) is 20.4 Å². The summed E-state index contributed by atoms with van der Waals surface area (Å²) in [6.07, 6.45) is 4.12. The van der Waals surface area contributed by atoms with E-state index in [0.29, 0.717) is 16.6 Å². The lowest BCUT2D eigenvalue weighted by atomic mass is 9.70. The Morgan fingerprint density at radius 1 is 1.28 bits per heavy atom. The minimum absolute atomic E-state index is 0.0519. The Bertz CT molecular complexity index is 810. The van der Waals surface area contributed by atoms with Gasteiger partial charge >= 0.3 is 0 Å². The zero-order chi connectivity index (χ0) is 21.5. The van der Waals surface area contributed by atoms with Crippen molar-refractivity contribution >= 4 is 22.6 Å². The van der Waals surface area contributed by atoms with E-state index in [1.807, 2.05) is 27.2 Å². The number of carbonyl (C=O) groups is 2. The highest BCUT2D eigenvalue weighted by atomic mass is 32.2. The van der Waals surface area contributed by atoms with E-state index in [0.717, 1.165) is 19.3 Å². The van der Waals surface area contributed by atoms with E-state index in [2.05, 4.69) is 13.8 Å². The maximum atomic E-state index is 13.7. The fraction of sp³-hybridized carbons (Fsp3) is 0.810. The van der Waals surface area contributed by atoms with Crippen LogP contribution in [0.2, 0.25) is 0 Å². The summed E-state index contributed by atoms with van der Waals surface area (Å²) in [5.41, 5.74) is -0.404. The van der Waals surface area contributed by atoms with Crippen LogP contribution in [0.25, 0.3) is 0 Å². The second-order valence-electron chi connectivity index (χ2n) is 10.1. The first kappa shape index (κ1) is 21.0. The van der Waals surface area contributed by atoms with Crippen molar-refractivity contribution in [2.24, 2.45) is 28.6 Å². The topological polar surface area (TPSA) is 81.2 Å². The molecule has 2 bridgehead atoms. The van der Waals surface area contributed by atoms with Gasteiger partial charge in [0, 0.05) is 49.3 Å². The largest absolute Gasteiger partial charge is 0.392 e. The van der Waals surface area contributed by atoms with Crippen LogP contribution in [-0.4, -0.2) is 75.1 Å². The lowest BCUT2D eigenvalue weighted by molar-refractivity contribution is -0.139. The number of fused-ring (bicyclic) bond motifs is 3. The van der Waals surface area contributed by atoms with Gasteiger partial charge in [0.15, 0.2) is 0 Å². The maximum Gasteiger partial charge on any atom is 0.254 e. The van der Waals surface area contributed by atoms with Gasteiger partial charge < -0.3 is 5.11 Å². The minimum Gasteiger partial charge on any atom is -0.392 e. The third kappa shape index (κ3) is 2.64. The zero-order valence-corrected chi connectivity index (χ0v) is 19.0. The summed E-state index contributed by atoms with van der Waals surface area (Å²) < 4.78 is 13.7. The first-order valence-corrected chi connectivity index (χ1v) is 11.8. The van der Waals surface area contributed by atoms with Crippen molar-refractivity contribution in [2.45, 2.75) is 52.2 Å². The molecule has 1 saturated heterocycles. The molecule has 162 valence electrons. The average molecular weight is 424 g/mol. The molecule has 3 fully saturated rings. The molecular formula is C21H33N3O4S. The number of aliphatic hydroxyl groups excluding tert-OH is 1. The molecule has 2 saturated carbocycles. The predicted octanol–water partition coefficient (Wildman–Crippen LogP) is 1.18. The quantitative estimate of drug-likeness (QED) is 0.684. The average Bonchev–Trinajstić information content (AvgIpc) is 3.10. The smallest absolute Gasteiger partial charge is 0.254 e. The second-order valence-corrected chi connectivity index (χ2v) is 11.6. The van der Waals surface area contributed by atoms with Crippen LogP contribution in [0.15, 0.2) is 11.1 Å². The molecule has 4 rings (SSSR count). The molecule has 2 aliphatic carbocycles. The van der Waals surface area contributed by atoms with Gasteiger partial charge in [0.25, 0.3) is 5.91 Å². The van der Waals surface area contributed by atoms with Crippen molar-refractivity contribution in [1.29, 1.82) is 0 Å². The Hall–Kier alpha value is -1.25. The van der Waals surface area contributed by atoms with Crippen LogP contribution in [0.5, 0.6) is 0 Å². The normalized spacial score (nSPS) is 41.9. The Kier molecular flexibility index (Phi) is 4.80. The minimum atomic E-state index is -1.34. The van der Waals surface area contributed by atoms with E-state index in [-0.39, 0.29) is 28.6 Å². The molecule has 2 amide bonds. The summed E-state index contributed by atoms with van der Waals surface area (Å²) in [7, 11) is 3.83. The monoisotopic (exact) mass is 423 g/mol. The van der Waals surface area contributed by atoms with E-state index in [1.54, 1.807) is 10.0 Å². The fourth-order valence-electron chi connectivity index (χ4n) is 6.42. The van der Waals surface area contributed by atoms with E-state index in [9.17, 15) is 18.9 Å². The lowest BCUT2D eigenvalue weighted by Gasteiger charge is -2.43. The molecule has 0 aromatic carbocycles. The van der Waals surface area contributed by atoms with Gasteiger partial charge in [-0.3, -0.25) is 23.7 Å². The fourth-order valence-corrected chi connectivity index (χ4v) is 8.55. The van der Waals surface area contributed by atoms with Crippen molar-refractivity contribution in [3.8, 4) is 0 Å². The number of carbonyl (C=O) groups excluding carboxylic acids is 2. The number of rotatable bonds is 4. The molecule has 2 aliphatic heterocycles. The summed E-state index contributed by atoms with van der Waals surface area (Å²) in [6.45, 7) is 6.31. The summed E-state index contributed by atoms with van der Waals surface area (Å²) in [4.78, 5) is 27.4. The Balaban J connectivity index is 1.68. The summed E-state index contributed by atoms with van der Waals surface area (Å²) >= 11 is 0. The van der Waals surface area contributed by atoms with Crippen LogP contribution in [0.3, 0.4) is 0 Å². The number of aliphatic hydroxyl groups is 1. The molecule has 7 atom stereocenters. The van der Waals surface area contributed by atoms with Gasteiger partial charge in [-0.2, -0.15) is 0 Å². The SMILES string of the molecule is C[C@H]1C(S(=O)C[C@]23CC[C@H](C[C@H]2O)C3(C)C)=CN(N(C)C)[C@@H]2C(=O)N(C)C(=O)[C@@H]21. The standard InChI is InChI=1S/C21H33N3O4S/c1-12-14(10-24(22(4)5)17-16(12)18(26)23(6)19(17)27)29(28)11-21-8-7-13(9-15(21)25)20(21,2)3/h10,12-13,15-17,25H,7-9,11H2,1-6H3/t12-,13+,15+,16+,17-,21+,29?/m0/s1. The number of hydrogen-bond donors (Lipinski definition) is 1. The second kappa shape index (κ2) is 6.62. The molecular weight excluding hydrogens is 390 g/mol. The molecule has 1 unspecified atom stereocenters. The maximum absolute atomic E-state index is 13.7. The van der Waals surface area contributed by atoms with Crippen molar-refractivity contribution < 1.29 is 18.9 Å². The first-order valence-electron chi connectivity index (χ1n) is 10.5. The highest BCUT2D eigenvalue weighted by Crippen LogP contribution is 2.66. The van der Waals surface area contributed by atoms with E-state index in [4.69, 9.17) is 0 Å². The van der Waals surface area contributed by atoms with Crippen LogP contribution in [0.4, 0.5) is 0 Å². The van der Waals surface area contributed by atoms with Crippen LogP contribution in [0.1, 0.15) is 40.0 Å². The van der Waals surface area contributed by atoms with E-state index in [1.165, 1.54) is 11.9 Å². The Labute approximate surface area is 175 Å². The number of nitrogens with zero attached hydrogens (tertiary/aromatic N) is 3. The number of likely N-dealkylation sites (tertiary alicyclic amines) is 1. The highest BCUT2D eigenvalue weighted by Gasteiger charge is 2.64. The Morgan fingerprint density at radius 2 is 1.93 bits per heavy atom. The van der Waals surface area contributed by atoms with Gasteiger partial charge in [-0.05, 0) is 30.6 Å². The molecule has 0 aromatic rings. The number of amides is 2. The third-order valence-electron chi connectivity index (χ3n) is 8.57. The van der Waals surface area contributed by atoms with E-state index < -0.39 is 28.9 Å². The van der Waals surface area contributed by atoms with Crippen LogP contribution < -0.4 is 0 Å².